The van der Waals surface area contributed by atoms with Gasteiger partial charge < -0.3 is 9.80 Å². The molecule has 4 aromatic rings. The van der Waals surface area contributed by atoms with Gasteiger partial charge in [-0.2, -0.15) is 0 Å². The molecule has 1 aliphatic rings. The number of amides is 1. The maximum Gasteiger partial charge on any atom is 0.331 e. The van der Waals surface area contributed by atoms with Gasteiger partial charge in [0.15, 0.2) is 0 Å². The number of aryl methyl sites for hydroxylation is 1. The number of carbonyl (C=O) groups excluding carboxylic acids is 1. The average Bonchev–Trinajstić information content (AvgIpc) is 2.92. The molecule has 0 aliphatic carbocycles. The van der Waals surface area contributed by atoms with E-state index in [-0.39, 0.29) is 30.4 Å². The second-order valence-corrected chi connectivity index (χ2v) is 8.92. The van der Waals surface area contributed by atoms with Crippen molar-refractivity contribution in [2.75, 3.05) is 31.1 Å². The van der Waals surface area contributed by atoms with E-state index in [0.29, 0.717) is 43.5 Å². The second-order valence-electron chi connectivity index (χ2n) is 8.92. The average molecular weight is 487 g/mol. The van der Waals surface area contributed by atoms with Gasteiger partial charge >= 0.3 is 5.69 Å². The largest absolute Gasteiger partial charge is 0.368 e. The molecule has 0 atom stereocenters. The first-order chi connectivity index (χ1) is 17.5. The third-order valence-corrected chi connectivity index (χ3v) is 6.72. The molecule has 8 heteroatoms. The molecule has 0 N–H and O–H groups in total. The predicted octanol–water partition coefficient (Wildman–Crippen LogP) is 2.89. The second kappa shape index (κ2) is 10.2. The molecule has 0 bridgehead atoms. The third-order valence-electron chi connectivity index (χ3n) is 6.72. The Hall–Kier alpha value is -4.20. The van der Waals surface area contributed by atoms with Gasteiger partial charge in [-0.05, 0) is 48.4 Å². The number of hydrogen-bond acceptors (Lipinski definition) is 4. The summed E-state index contributed by atoms with van der Waals surface area (Å²) in [6.45, 7) is 2.32. The Morgan fingerprint density at radius 3 is 2.17 bits per heavy atom. The number of carbonyl (C=O) groups is 1. The standard InChI is InChI=1S/C28H27FN4O3/c29-22-10-12-23(13-11-22)30-16-18-31(19-17-30)26(34)20-33-25-9-5-4-8-24(25)27(35)32(28(33)36)15-14-21-6-2-1-3-7-21/h1-13H,14-20H2. The van der Waals surface area contributed by atoms with Crippen molar-refractivity contribution in [1.29, 1.82) is 0 Å². The Morgan fingerprint density at radius 1 is 0.778 bits per heavy atom. The summed E-state index contributed by atoms with van der Waals surface area (Å²) in [7, 11) is 0. The van der Waals surface area contributed by atoms with E-state index in [1.807, 2.05) is 30.3 Å². The van der Waals surface area contributed by atoms with Crippen molar-refractivity contribution in [3.05, 3.63) is 111 Å². The van der Waals surface area contributed by atoms with E-state index in [2.05, 4.69) is 4.90 Å². The van der Waals surface area contributed by atoms with Gasteiger partial charge in [0.25, 0.3) is 5.56 Å². The zero-order valence-electron chi connectivity index (χ0n) is 19.8. The molecule has 1 fully saturated rings. The molecule has 1 saturated heterocycles. The molecule has 0 saturated carbocycles. The summed E-state index contributed by atoms with van der Waals surface area (Å²) < 4.78 is 15.9. The van der Waals surface area contributed by atoms with Crippen LogP contribution in [0.25, 0.3) is 10.9 Å². The summed E-state index contributed by atoms with van der Waals surface area (Å²) in [5.41, 5.74) is 1.58. The fraction of sp³-hybridized carbons (Fsp3) is 0.250. The molecule has 0 unspecified atom stereocenters. The normalized spacial score (nSPS) is 13.8. The Morgan fingerprint density at radius 2 is 1.44 bits per heavy atom. The highest BCUT2D eigenvalue weighted by atomic mass is 19.1. The molecule has 1 amide bonds. The van der Waals surface area contributed by atoms with Crippen LogP contribution in [0.3, 0.4) is 0 Å². The van der Waals surface area contributed by atoms with E-state index in [1.54, 1.807) is 41.3 Å². The van der Waals surface area contributed by atoms with Gasteiger partial charge in [-0.1, -0.05) is 42.5 Å². The highest BCUT2D eigenvalue weighted by Crippen LogP contribution is 2.17. The number of rotatable bonds is 6. The molecule has 7 nitrogen and oxygen atoms in total. The van der Waals surface area contributed by atoms with Crippen molar-refractivity contribution in [2.24, 2.45) is 0 Å². The van der Waals surface area contributed by atoms with Crippen molar-refractivity contribution in [1.82, 2.24) is 14.0 Å². The Labute approximate surface area is 207 Å². The van der Waals surface area contributed by atoms with Crippen LogP contribution in [0.2, 0.25) is 0 Å². The third kappa shape index (κ3) is 4.79. The number of para-hydroxylation sites is 1. The lowest BCUT2D eigenvalue weighted by Crippen LogP contribution is -2.51. The SMILES string of the molecule is O=C(Cn1c(=O)n(CCc2ccccc2)c(=O)c2ccccc21)N1CCN(c2ccc(F)cc2)CC1. The monoisotopic (exact) mass is 486 g/mol. The van der Waals surface area contributed by atoms with Gasteiger partial charge in [0.2, 0.25) is 5.91 Å². The maximum atomic E-state index is 13.4. The van der Waals surface area contributed by atoms with E-state index >= 15 is 0 Å². The highest BCUT2D eigenvalue weighted by Gasteiger charge is 2.23. The minimum absolute atomic E-state index is 0.137. The van der Waals surface area contributed by atoms with Crippen molar-refractivity contribution in [3.8, 4) is 0 Å². The maximum absolute atomic E-state index is 13.4. The Kier molecular flexibility index (Phi) is 6.66. The van der Waals surface area contributed by atoms with Gasteiger partial charge in [-0.25, -0.2) is 9.18 Å². The number of fused-ring (bicyclic) bond motifs is 1. The molecular weight excluding hydrogens is 459 g/mol. The molecular formula is C28H27FN4O3. The van der Waals surface area contributed by atoms with E-state index in [4.69, 9.17) is 0 Å². The van der Waals surface area contributed by atoms with Crippen LogP contribution in [0.1, 0.15) is 5.56 Å². The van der Waals surface area contributed by atoms with Crippen LogP contribution in [0.4, 0.5) is 10.1 Å². The quantitative estimate of drug-likeness (QED) is 0.420. The zero-order valence-corrected chi connectivity index (χ0v) is 19.8. The van der Waals surface area contributed by atoms with Crippen molar-refractivity contribution in [2.45, 2.75) is 19.5 Å². The van der Waals surface area contributed by atoms with Gasteiger partial charge in [-0.3, -0.25) is 18.7 Å². The van der Waals surface area contributed by atoms with Crippen molar-refractivity contribution < 1.29 is 9.18 Å². The molecule has 184 valence electrons. The van der Waals surface area contributed by atoms with Crippen LogP contribution in [-0.2, 0) is 24.3 Å². The van der Waals surface area contributed by atoms with Crippen molar-refractivity contribution >= 4 is 22.5 Å². The lowest BCUT2D eigenvalue weighted by molar-refractivity contribution is -0.132. The fourth-order valence-electron chi connectivity index (χ4n) is 4.71. The van der Waals surface area contributed by atoms with Gasteiger partial charge in [0.1, 0.15) is 12.4 Å². The number of aromatic nitrogens is 2. The van der Waals surface area contributed by atoms with Crippen LogP contribution < -0.4 is 16.1 Å². The first-order valence-corrected chi connectivity index (χ1v) is 12.1. The van der Waals surface area contributed by atoms with Gasteiger partial charge in [-0.15, -0.1) is 0 Å². The predicted molar refractivity (Wildman–Crippen MR) is 138 cm³/mol. The molecule has 36 heavy (non-hydrogen) atoms. The fourth-order valence-corrected chi connectivity index (χ4v) is 4.71. The number of benzene rings is 3. The first kappa shape index (κ1) is 23.5. The van der Waals surface area contributed by atoms with Crippen LogP contribution in [0, 0.1) is 5.82 Å². The van der Waals surface area contributed by atoms with E-state index in [9.17, 15) is 18.8 Å². The molecule has 0 radical (unpaired) electrons. The van der Waals surface area contributed by atoms with E-state index in [1.165, 1.54) is 21.3 Å². The summed E-state index contributed by atoms with van der Waals surface area (Å²) in [6.07, 6.45) is 0.535. The summed E-state index contributed by atoms with van der Waals surface area (Å²) in [5.74, 6) is -0.454. The lowest BCUT2D eigenvalue weighted by atomic mass is 10.1. The molecule has 1 aliphatic heterocycles. The Balaban J connectivity index is 1.36. The van der Waals surface area contributed by atoms with Gasteiger partial charge in [0.05, 0.1) is 10.9 Å². The molecule has 1 aromatic heterocycles. The van der Waals surface area contributed by atoms with Crippen LogP contribution in [-0.4, -0.2) is 46.1 Å². The molecule has 2 heterocycles. The van der Waals surface area contributed by atoms with Crippen LogP contribution >= 0.6 is 0 Å². The minimum atomic E-state index is -0.479. The minimum Gasteiger partial charge on any atom is -0.368 e. The van der Waals surface area contributed by atoms with Gasteiger partial charge in [0, 0.05) is 38.4 Å². The Bertz CT molecular complexity index is 1490. The molecule has 3 aromatic carbocycles. The zero-order chi connectivity index (χ0) is 25.1. The number of anilines is 1. The molecule has 0 spiro atoms. The van der Waals surface area contributed by atoms with Crippen LogP contribution in [0.5, 0.6) is 0 Å². The number of nitrogens with zero attached hydrogens (tertiary/aromatic N) is 4. The highest BCUT2D eigenvalue weighted by molar-refractivity contribution is 5.82. The summed E-state index contributed by atoms with van der Waals surface area (Å²) in [4.78, 5) is 43.6. The summed E-state index contributed by atoms with van der Waals surface area (Å²) in [5, 5.41) is 0.416. The number of halogens is 1. The topological polar surface area (TPSA) is 67.5 Å². The molecule has 5 rings (SSSR count). The number of hydrogen-bond donors (Lipinski definition) is 0. The number of piperazine rings is 1. The smallest absolute Gasteiger partial charge is 0.331 e. The first-order valence-electron chi connectivity index (χ1n) is 12.1. The van der Waals surface area contributed by atoms with E-state index < -0.39 is 5.69 Å². The van der Waals surface area contributed by atoms with E-state index in [0.717, 1.165) is 11.3 Å². The summed E-state index contributed by atoms with van der Waals surface area (Å²) >= 11 is 0. The van der Waals surface area contributed by atoms with Crippen LogP contribution in [0.15, 0.2) is 88.5 Å². The van der Waals surface area contributed by atoms with Crippen molar-refractivity contribution in [3.63, 3.8) is 0 Å². The summed E-state index contributed by atoms with van der Waals surface area (Å²) in [6, 6.07) is 22.9. The lowest BCUT2D eigenvalue weighted by Gasteiger charge is -2.36.